The maximum Gasteiger partial charge on any atom is 0.248 e. The Morgan fingerprint density at radius 1 is 1.04 bits per heavy atom. The van der Waals surface area contributed by atoms with Crippen LogP contribution in [-0.4, -0.2) is 22.6 Å². The van der Waals surface area contributed by atoms with Crippen LogP contribution in [0.25, 0.3) is 11.3 Å². The number of anilines is 1. The zero-order chi connectivity index (χ0) is 18.5. The predicted octanol–water partition coefficient (Wildman–Crippen LogP) is 3.18. The molecule has 0 aliphatic carbocycles. The van der Waals surface area contributed by atoms with Crippen molar-refractivity contribution in [2.45, 2.75) is 6.42 Å². The second kappa shape index (κ2) is 7.69. The molecule has 0 saturated heterocycles. The van der Waals surface area contributed by atoms with Gasteiger partial charge in [-0.15, -0.1) is 10.2 Å². The van der Waals surface area contributed by atoms with Crippen molar-refractivity contribution >= 4 is 11.7 Å². The smallest absolute Gasteiger partial charge is 0.248 e. The molecule has 0 atom stereocenters. The summed E-state index contributed by atoms with van der Waals surface area (Å²) in [5.74, 6) is -1.14. The van der Waals surface area contributed by atoms with Crippen molar-refractivity contribution in [2.24, 2.45) is 5.73 Å². The van der Waals surface area contributed by atoms with E-state index >= 15 is 0 Å². The Kier molecular flexibility index (Phi) is 5.17. The number of hydrogen-bond acceptors (Lipinski definition) is 4. The van der Waals surface area contributed by atoms with E-state index in [2.05, 4.69) is 15.5 Å². The van der Waals surface area contributed by atoms with E-state index in [1.807, 2.05) is 0 Å². The number of rotatable bonds is 6. The maximum atomic E-state index is 13.6. The van der Waals surface area contributed by atoms with Gasteiger partial charge in [-0.25, -0.2) is 8.78 Å². The number of amides is 1. The topological polar surface area (TPSA) is 80.9 Å². The standard InChI is InChI=1S/C19H16F2N4O/c20-15-5-4-12(16(21)11-15)8-9-23-18-7-6-17(24-25-18)13-2-1-3-14(10-13)19(22)26/h1-7,10-11H,8-9H2,(H2,22,26)(H,23,25). The molecule has 0 aliphatic rings. The number of primary amides is 1. The highest BCUT2D eigenvalue weighted by atomic mass is 19.1. The fraction of sp³-hybridized carbons (Fsp3) is 0.105. The number of nitrogens with zero attached hydrogens (tertiary/aromatic N) is 2. The third-order valence-electron chi connectivity index (χ3n) is 3.82. The lowest BCUT2D eigenvalue weighted by Gasteiger charge is -2.07. The van der Waals surface area contributed by atoms with Crippen LogP contribution in [0.3, 0.4) is 0 Å². The minimum Gasteiger partial charge on any atom is -0.368 e. The molecule has 1 heterocycles. The molecule has 0 spiro atoms. The van der Waals surface area contributed by atoms with E-state index in [0.717, 1.165) is 11.6 Å². The van der Waals surface area contributed by atoms with Crippen LogP contribution in [-0.2, 0) is 6.42 Å². The minimum atomic E-state index is -0.596. The molecule has 0 unspecified atom stereocenters. The van der Waals surface area contributed by atoms with Crippen molar-refractivity contribution in [2.75, 3.05) is 11.9 Å². The van der Waals surface area contributed by atoms with Crippen molar-refractivity contribution in [3.8, 4) is 11.3 Å². The fourth-order valence-corrected chi connectivity index (χ4v) is 2.46. The van der Waals surface area contributed by atoms with E-state index in [9.17, 15) is 13.6 Å². The van der Waals surface area contributed by atoms with Gasteiger partial charge >= 0.3 is 0 Å². The molecular weight excluding hydrogens is 338 g/mol. The first-order chi connectivity index (χ1) is 12.5. The van der Waals surface area contributed by atoms with Crippen molar-refractivity contribution < 1.29 is 13.6 Å². The molecule has 3 N–H and O–H groups in total. The summed E-state index contributed by atoms with van der Waals surface area (Å²) in [6.45, 7) is 0.424. The van der Waals surface area contributed by atoms with E-state index in [1.54, 1.807) is 36.4 Å². The van der Waals surface area contributed by atoms with Gasteiger partial charge in [-0.1, -0.05) is 18.2 Å². The molecule has 5 nitrogen and oxygen atoms in total. The zero-order valence-electron chi connectivity index (χ0n) is 13.7. The van der Waals surface area contributed by atoms with Crippen LogP contribution >= 0.6 is 0 Å². The highest BCUT2D eigenvalue weighted by molar-refractivity contribution is 5.93. The van der Waals surface area contributed by atoms with Gasteiger partial charge in [0.15, 0.2) is 0 Å². The predicted molar refractivity (Wildman–Crippen MR) is 94.5 cm³/mol. The van der Waals surface area contributed by atoms with Crippen molar-refractivity contribution in [1.29, 1.82) is 0 Å². The lowest BCUT2D eigenvalue weighted by atomic mass is 10.1. The molecule has 0 fully saturated rings. The van der Waals surface area contributed by atoms with E-state index in [4.69, 9.17) is 5.73 Å². The molecule has 1 aromatic heterocycles. The van der Waals surface area contributed by atoms with Crippen LogP contribution < -0.4 is 11.1 Å². The molecular formula is C19H16F2N4O. The first-order valence-electron chi connectivity index (χ1n) is 7.95. The highest BCUT2D eigenvalue weighted by Crippen LogP contribution is 2.18. The fourth-order valence-electron chi connectivity index (χ4n) is 2.46. The van der Waals surface area contributed by atoms with Gasteiger partial charge in [0.25, 0.3) is 0 Å². The quantitative estimate of drug-likeness (QED) is 0.712. The van der Waals surface area contributed by atoms with E-state index in [-0.39, 0.29) is 0 Å². The third kappa shape index (κ3) is 4.18. The Morgan fingerprint density at radius 2 is 1.88 bits per heavy atom. The second-order valence-electron chi connectivity index (χ2n) is 5.66. The summed E-state index contributed by atoms with van der Waals surface area (Å²) in [5, 5.41) is 11.2. The molecule has 2 aromatic carbocycles. The van der Waals surface area contributed by atoms with Crippen molar-refractivity contribution in [3.05, 3.63) is 77.4 Å². The molecule has 0 radical (unpaired) electrons. The summed E-state index contributed by atoms with van der Waals surface area (Å²) >= 11 is 0. The molecule has 1 amide bonds. The summed E-state index contributed by atoms with van der Waals surface area (Å²) in [6, 6.07) is 13.8. The normalized spacial score (nSPS) is 10.5. The summed E-state index contributed by atoms with van der Waals surface area (Å²) in [4.78, 5) is 11.2. The first-order valence-corrected chi connectivity index (χ1v) is 7.95. The number of carbonyl (C=O) groups excluding carboxylic acids is 1. The maximum absolute atomic E-state index is 13.6. The number of halogens is 2. The van der Waals surface area contributed by atoms with Gasteiger partial charge in [0.2, 0.25) is 5.91 Å². The SMILES string of the molecule is NC(=O)c1cccc(-c2ccc(NCCc3ccc(F)cc3F)nn2)c1. The average Bonchev–Trinajstić information content (AvgIpc) is 2.64. The highest BCUT2D eigenvalue weighted by Gasteiger charge is 2.06. The Morgan fingerprint density at radius 3 is 2.58 bits per heavy atom. The van der Waals surface area contributed by atoms with Gasteiger partial charge in [-0.3, -0.25) is 4.79 Å². The largest absolute Gasteiger partial charge is 0.368 e. The Balaban J connectivity index is 1.63. The van der Waals surface area contributed by atoms with Crippen LogP contribution in [0, 0.1) is 11.6 Å². The Hall–Kier alpha value is -3.35. The van der Waals surface area contributed by atoms with E-state index in [1.165, 1.54) is 12.1 Å². The summed E-state index contributed by atoms with van der Waals surface area (Å²) in [7, 11) is 0. The van der Waals surface area contributed by atoms with Gasteiger partial charge < -0.3 is 11.1 Å². The lowest BCUT2D eigenvalue weighted by molar-refractivity contribution is 0.100. The van der Waals surface area contributed by atoms with Crippen LogP contribution in [0.4, 0.5) is 14.6 Å². The Bertz CT molecular complexity index is 929. The molecule has 0 saturated carbocycles. The van der Waals surface area contributed by atoms with Crippen LogP contribution in [0.2, 0.25) is 0 Å². The molecule has 132 valence electrons. The number of hydrogen-bond donors (Lipinski definition) is 2. The minimum absolute atomic E-state index is 0.385. The van der Waals surface area contributed by atoms with Gasteiger partial charge in [0.1, 0.15) is 17.5 Å². The van der Waals surface area contributed by atoms with Gasteiger partial charge in [0, 0.05) is 23.7 Å². The Labute approximate surface area is 148 Å². The van der Waals surface area contributed by atoms with Crippen molar-refractivity contribution in [1.82, 2.24) is 10.2 Å². The van der Waals surface area contributed by atoms with E-state index < -0.39 is 17.5 Å². The van der Waals surface area contributed by atoms with Crippen molar-refractivity contribution in [3.63, 3.8) is 0 Å². The van der Waals surface area contributed by atoms with Crippen LogP contribution in [0.1, 0.15) is 15.9 Å². The van der Waals surface area contributed by atoms with Crippen LogP contribution in [0.5, 0.6) is 0 Å². The van der Waals surface area contributed by atoms with Gasteiger partial charge in [-0.05, 0) is 42.3 Å². The molecule has 3 aromatic rings. The first kappa shape index (κ1) is 17.5. The molecule has 3 rings (SSSR count). The molecule has 26 heavy (non-hydrogen) atoms. The third-order valence-corrected chi connectivity index (χ3v) is 3.82. The molecule has 0 bridgehead atoms. The van der Waals surface area contributed by atoms with Gasteiger partial charge in [-0.2, -0.15) is 0 Å². The van der Waals surface area contributed by atoms with E-state index in [0.29, 0.717) is 35.6 Å². The number of aromatic nitrogens is 2. The lowest BCUT2D eigenvalue weighted by Crippen LogP contribution is -2.10. The average molecular weight is 354 g/mol. The second-order valence-corrected chi connectivity index (χ2v) is 5.66. The number of nitrogens with one attached hydrogen (secondary N) is 1. The molecule has 7 heteroatoms. The zero-order valence-corrected chi connectivity index (χ0v) is 13.7. The van der Waals surface area contributed by atoms with Gasteiger partial charge in [0.05, 0.1) is 5.69 Å². The van der Waals surface area contributed by atoms with Crippen LogP contribution in [0.15, 0.2) is 54.6 Å². The summed E-state index contributed by atoms with van der Waals surface area (Å²) < 4.78 is 26.5. The molecule has 0 aliphatic heterocycles. The number of carbonyl (C=O) groups is 1. The summed E-state index contributed by atoms with van der Waals surface area (Å²) in [5.41, 5.74) is 7.42. The number of nitrogens with two attached hydrogens (primary N) is 1. The number of benzene rings is 2. The summed E-state index contributed by atoms with van der Waals surface area (Å²) in [6.07, 6.45) is 0.385. The monoisotopic (exact) mass is 354 g/mol.